The van der Waals surface area contributed by atoms with E-state index >= 15 is 0 Å². The molecule has 0 amide bonds. The summed E-state index contributed by atoms with van der Waals surface area (Å²) in [6.45, 7) is 4.17. The van der Waals surface area contributed by atoms with E-state index in [4.69, 9.17) is 0 Å². The van der Waals surface area contributed by atoms with E-state index in [9.17, 15) is 0 Å². The summed E-state index contributed by atoms with van der Waals surface area (Å²) in [5, 5.41) is 3.38. The van der Waals surface area contributed by atoms with E-state index in [0.29, 0.717) is 0 Å². The Morgan fingerprint density at radius 1 is 1.50 bits per heavy atom. The lowest BCUT2D eigenvalue weighted by molar-refractivity contribution is 0.646. The van der Waals surface area contributed by atoms with E-state index in [1.165, 1.54) is 19.4 Å². The van der Waals surface area contributed by atoms with Crippen molar-refractivity contribution in [1.29, 1.82) is 0 Å². The molecule has 1 rings (SSSR count). The monoisotopic (exact) mass is 137 g/mol. The molecule has 1 aliphatic rings. The third-order valence-corrected chi connectivity index (χ3v) is 1.73. The number of nitrogens with one attached hydrogen (secondary N) is 1. The molecule has 1 nitrogen and oxygen atoms in total. The highest BCUT2D eigenvalue weighted by atomic mass is 14.9. The molecule has 0 radical (unpaired) electrons. The Balaban J connectivity index is 1.79. The second-order valence-corrected chi connectivity index (χ2v) is 2.82. The summed E-state index contributed by atoms with van der Waals surface area (Å²) >= 11 is 0. The minimum Gasteiger partial charge on any atom is -0.316 e. The van der Waals surface area contributed by atoms with Crippen molar-refractivity contribution in [3.05, 3.63) is 0 Å². The van der Waals surface area contributed by atoms with Gasteiger partial charge in [-0.25, -0.2) is 0 Å². The maximum atomic E-state index is 3.38. The Hall–Kier alpha value is -0.480. The molecule has 1 N–H and O–H groups in total. The molecule has 1 saturated carbocycles. The van der Waals surface area contributed by atoms with Gasteiger partial charge in [0.15, 0.2) is 0 Å². The number of hydrogen-bond donors (Lipinski definition) is 1. The fourth-order valence-corrected chi connectivity index (χ4v) is 0.904. The largest absolute Gasteiger partial charge is 0.316 e. The van der Waals surface area contributed by atoms with Gasteiger partial charge in [-0.1, -0.05) is 0 Å². The second-order valence-electron chi connectivity index (χ2n) is 2.82. The highest BCUT2D eigenvalue weighted by Gasteiger charge is 2.19. The van der Waals surface area contributed by atoms with E-state index in [-0.39, 0.29) is 0 Å². The molecular weight excluding hydrogens is 122 g/mol. The fraction of sp³-hybridized carbons (Fsp3) is 0.778. The van der Waals surface area contributed by atoms with Gasteiger partial charge < -0.3 is 5.32 Å². The molecule has 0 heterocycles. The average Bonchev–Trinajstić information content (AvgIpc) is 2.71. The van der Waals surface area contributed by atoms with Crippen LogP contribution >= 0.6 is 0 Å². The van der Waals surface area contributed by atoms with Crippen molar-refractivity contribution < 1.29 is 0 Å². The quantitative estimate of drug-likeness (QED) is 0.456. The van der Waals surface area contributed by atoms with Crippen LogP contribution in [-0.4, -0.2) is 13.1 Å². The molecule has 0 aromatic heterocycles. The van der Waals surface area contributed by atoms with Gasteiger partial charge in [0, 0.05) is 13.0 Å². The van der Waals surface area contributed by atoms with Gasteiger partial charge in [-0.05, 0) is 32.2 Å². The zero-order valence-corrected chi connectivity index (χ0v) is 6.61. The molecule has 0 unspecified atom stereocenters. The van der Waals surface area contributed by atoms with Crippen LogP contribution in [0.1, 0.15) is 26.2 Å². The second kappa shape index (κ2) is 4.35. The zero-order chi connectivity index (χ0) is 7.23. The Morgan fingerprint density at radius 3 is 2.90 bits per heavy atom. The molecule has 0 spiro atoms. The lowest BCUT2D eigenvalue weighted by atomic mass is 10.4. The third-order valence-electron chi connectivity index (χ3n) is 1.73. The highest BCUT2D eigenvalue weighted by molar-refractivity contribution is 4.95. The van der Waals surface area contributed by atoms with Crippen LogP contribution in [0, 0.1) is 17.8 Å². The summed E-state index contributed by atoms with van der Waals surface area (Å²) in [4.78, 5) is 0. The van der Waals surface area contributed by atoms with E-state index in [0.717, 1.165) is 18.9 Å². The predicted molar refractivity (Wildman–Crippen MR) is 43.7 cm³/mol. The van der Waals surface area contributed by atoms with Gasteiger partial charge in [-0.15, -0.1) is 11.8 Å². The van der Waals surface area contributed by atoms with Gasteiger partial charge in [-0.2, -0.15) is 0 Å². The van der Waals surface area contributed by atoms with E-state index in [1.807, 2.05) is 6.92 Å². The topological polar surface area (TPSA) is 12.0 Å². The van der Waals surface area contributed by atoms with Crippen LogP contribution < -0.4 is 5.32 Å². The maximum absolute atomic E-state index is 3.38. The summed E-state index contributed by atoms with van der Waals surface area (Å²) in [5.41, 5.74) is 0. The molecule has 1 heteroatoms. The van der Waals surface area contributed by atoms with Crippen LogP contribution in [-0.2, 0) is 0 Å². The maximum Gasteiger partial charge on any atom is 0.0214 e. The molecule has 0 aliphatic heterocycles. The standard InChI is InChI=1S/C9H15N/c1-2-3-4-7-10-8-9-5-6-9/h9-10H,4-8H2,1H3. The molecular formula is C9H15N. The van der Waals surface area contributed by atoms with Crippen LogP contribution in [0.15, 0.2) is 0 Å². The lowest BCUT2D eigenvalue weighted by Crippen LogP contribution is -2.17. The van der Waals surface area contributed by atoms with Gasteiger partial charge in [-0.3, -0.25) is 0 Å². The van der Waals surface area contributed by atoms with Crippen LogP contribution in [0.2, 0.25) is 0 Å². The van der Waals surface area contributed by atoms with Crippen LogP contribution in [0.3, 0.4) is 0 Å². The molecule has 0 aromatic carbocycles. The van der Waals surface area contributed by atoms with Crippen LogP contribution in [0.5, 0.6) is 0 Å². The Kier molecular flexibility index (Phi) is 3.32. The molecule has 0 bridgehead atoms. The number of hydrogen-bond acceptors (Lipinski definition) is 1. The molecule has 56 valence electrons. The Bertz CT molecular complexity index is 137. The van der Waals surface area contributed by atoms with E-state index in [2.05, 4.69) is 17.2 Å². The van der Waals surface area contributed by atoms with Crippen molar-refractivity contribution >= 4 is 0 Å². The lowest BCUT2D eigenvalue weighted by Gasteiger charge is -1.97. The third kappa shape index (κ3) is 3.53. The summed E-state index contributed by atoms with van der Waals surface area (Å²) in [7, 11) is 0. The van der Waals surface area contributed by atoms with E-state index < -0.39 is 0 Å². The van der Waals surface area contributed by atoms with Crippen molar-refractivity contribution in [3.63, 3.8) is 0 Å². The molecule has 0 atom stereocenters. The first kappa shape index (κ1) is 7.63. The van der Waals surface area contributed by atoms with Crippen LogP contribution in [0.25, 0.3) is 0 Å². The van der Waals surface area contributed by atoms with Crippen LogP contribution in [0.4, 0.5) is 0 Å². The fourth-order valence-electron chi connectivity index (χ4n) is 0.904. The van der Waals surface area contributed by atoms with Crippen molar-refractivity contribution in [2.45, 2.75) is 26.2 Å². The van der Waals surface area contributed by atoms with Gasteiger partial charge >= 0.3 is 0 Å². The Morgan fingerprint density at radius 2 is 2.30 bits per heavy atom. The van der Waals surface area contributed by atoms with Gasteiger partial charge in [0.05, 0.1) is 0 Å². The summed E-state index contributed by atoms with van der Waals surface area (Å²) in [5.74, 6) is 6.91. The SMILES string of the molecule is CC#CCCNCC1CC1. The first-order valence-electron chi connectivity index (χ1n) is 4.04. The van der Waals surface area contributed by atoms with Crippen molar-refractivity contribution in [2.75, 3.05) is 13.1 Å². The Labute approximate surface area is 63.2 Å². The smallest absolute Gasteiger partial charge is 0.0214 e. The molecule has 1 aliphatic carbocycles. The van der Waals surface area contributed by atoms with Gasteiger partial charge in [0.2, 0.25) is 0 Å². The molecule has 10 heavy (non-hydrogen) atoms. The minimum absolute atomic E-state index is 0.995. The van der Waals surface area contributed by atoms with Crippen molar-refractivity contribution in [2.24, 2.45) is 5.92 Å². The average molecular weight is 137 g/mol. The van der Waals surface area contributed by atoms with Gasteiger partial charge in [0.1, 0.15) is 0 Å². The molecule has 0 aromatic rings. The molecule has 1 fully saturated rings. The number of rotatable bonds is 4. The van der Waals surface area contributed by atoms with Gasteiger partial charge in [0.25, 0.3) is 0 Å². The molecule has 0 saturated heterocycles. The van der Waals surface area contributed by atoms with Crippen molar-refractivity contribution in [1.82, 2.24) is 5.32 Å². The first-order valence-corrected chi connectivity index (χ1v) is 4.04. The normalized spacial score (nSPS) is 16.1. The summed E-state index contributed by atoms with van der Waals surface area (Å²) < 4.78 is 0. The minimum atomic E-state index is 0.995. The summed E-state index contributed by atoms with van der Waals surface area (Å²) in [6.07, 6.45) is 3.88. The zero-order valence-electron chi connectivity index (χ0n) is 6.61. The first-order chi connectivity index (χ1) is 4.93. The highest BCUT2D eigenvalue weighted by Crippen LogP contribution is 2.27. The van der Waals surface area contributed by atoms with Crippen molar-refractivity contribution in [3.8, 4) is 11.8 Å². The van der Waals surface area contributed by atoms with E-state index in [1.54, 1.807) is 0 Å². The summed E-state index contributed by atoms with van der Waals surface area (Å²) in [6, 6.07) is 0. The predicted octanol–water partition coefficient (Wildman–Crippen LogP) is 1.40.